The Balaban J connectivity index is 0.00000237. The van der Waals surface area contributed by atoms with Crippen molar-refractivity contribution in [2.45, 2.75) is 70.2 Å². The number of sulfonamides is 1. The monoisotopic (exact) mass is 613 g/mol. The van der Waals surface area contributed by atoms with Crippen LogP contribution in [0.4, 0.5) is 27.6 Å². The van der Waals surface area contributed by atoms with Crippen LogP contribution in [0.1, 0.15) is 53.0 Å². The maximum Gasteiger partial charge on any atom is 0.416 e. The summed E-state index contributed by atoms with van der Waals surface area (Å²) < 4.78 is 108. The lowest BCUT2D eigenvalue weighted by molar-refractivity contribution is -0.155. The molecule has 228 valence electrons. The molecule has 0 amide bonds. The minimum atomic E-state index is -4.79. The van der Waals surface area contributed by atoms with Crippen LogP contribution in [0.25, 0.3) is 11.1 Å². The summed E-state index contributed by atoms with van der Waals surface area (Å²) in [6, 6.07) is 10.1. The third kappa shape index (κ3) is 7.78. The lowest BCUT2D eigenvalue weighted by atomic mass is 10.0. The van der Waals surface area contributed by atoms with Crippen molar-refractivity contribution in [3.8, 4) is 16.9 Å². The number of ether oxygens (including phenoxy) is 2. The van der Waals surface area contributed by atoms with Gasteiger partial charge in [-0.05, 0) is 81.3 Å². The van der Waals surface area contributed by atoms with Gasteiger partial charge in [0.15, 0.2) is 0 Å². The third-order valence-corrected chi connectivity index (χ3v) is 7.75. The molecule has 0 saturated heterocycles. The number of rotatable bonds is 6. The van der Waals surface area contributed by atoms with Crippen LogP contribution < -0.4 is 9.04 Å². The van der Waals surface area contributed by atoms with Crippen molar-refractivity contribution in [1.82, 2.24) is 0 Å². The van der Waals surface area contributed by atoms with Gasteiger partial charge in [0.1, 0.15) is 29.1 Å². The summed E-state index contributed by atoms with van der Waals surface area (Å²) in [4.78, 5) is 11.6. The van der Waals surface area contributed by atoms with Crippen LogP contribution in [0.3, 0.4) is 0 Å². The Morgan fingerprint density at radius 3 is 2.33 bits per heavy atom. The van der Waals surface area contributed by atoms with Crippen LogP contribution in [-0.2, 0) is 25.7 Å². The van der Waals surface area contributed by atoms with E-state index in [1.54, 1.807) is 20.8 Å². The van der Waals surface area contributed by atoms with E-state index < -0.39 is 56.0 Å². The van der Waals surface area contributed by atoms with Gasteiger partial charge >= 0.3 is 12.1 Å². The van der Waals surface area contributed by atoms with Gasteiger partial charge in [0.25, 0.3) is 10.0 Å². The fraction of sp³-hybridized carbons (Fsp3) is 0.367. The number of hydrogen-bond donors (Lipinski definition) is 0. The fourth-order valence-electron chi connectivity index (χ4n) is 4.21. The van der Waals surface area contributed by atoms with E-state index in [1.807, 2.05) is 13.8 Å². The van der Waals surface area contributed by atoms with Gasteiger partial charge in [0, 0.05) is 12.0 Å². The van der Waals surface area contributed by atoms with Gasteiger partial charge in [-0.15, -0.1) is 0 Å². The second-order valence-corrected chi connectivity index (χ2v) is 12.1. The summed E-state index contributed by atoms with van der Waals surface area (Å²) >= 11 is 0. The molecule has 0 aromatic heterocycles. The normalized spacial score (nSPS) is 15.2. The van der Waals surface area contributed by atoms with Crippen molar-refractivity contribution < 1.29 is 44.6 Å². The molecule has 1 unspecified atom stereocenters. The first-order chi connectivity index (χ1) is 19.5. The van der Waals surface area contributed by atoms with E-state index in [9.17, 15) is 35.2 Å². The minimum Gasteiger partial charge on any atom is -0.486 e. The molecule has 0 spiro atoms. The highest BCUT2D eigenvalue weighted by Gasteiger charge is 2.37. The van der Waals surface area contributed by atoms with Gasteiger partial charge in [0.05, 0.1) is 22.7 Å². The maximum atomic E-state index is 14.5. The van der Waals surface area contributed by atoms with E-state index in [4.69, 9.17) is 9.47 Å². The Bertz CT molecular complexity index is 1530. The number of esters is 1. The topological polar surface area (TPSA) is 72.9 Å². The van der Waals surface area contributed by atoms with E-state index in [0.29, 0.717) is 6.07 Å². The first-order valence-electron chi connectivity index (χ1n) is 13.2. The number of fused-ring (bicyclic) bond motifs is 1. The molecule has 3 aromatic rings. The summed E-state index contributed by atoms with van der Waals surface area (Å²) in [5.41, 5.74) is -1.99. The van der Waals surface area contributed by atoms with Gasteiger partial charge in [-0.1, -0.05) is 26.0 Å². The molecule has 0 radical (unpaired) electrons. The average molecular weight is 614 g/mol. The molecule has 42 heavy (non-hydrogen) atoms. The number of hydrogen-bond acceptors (Lipinski definition) is 5. The predicted molar refractivity (Wildman–Crippen MR) is 149 cm³/mol. The SMILES string of the molecule is CC.CC(C)(C)OC(=O)CCC1CN(S(=O)(=O)c2cccc(C(F)(F)F)c2)c2cc(-c3cc(F)ccc3F)ccc2O1. The Labute approximate surface area is 242 Å². The summed E-state index contributed by atoms with van der Waals surface area (Å²) in [6.07, 6.45) is -5.71. The van der Waals surface area contributed by atoms with E-state index >= 15 is 0 Å². The van der Waals surface area contributed by atoms with Crippen molar-refractivity contribution in [2.24, 2.45) is 0 Å². The highest BCUT2D eigenvalue weighted by atomic mass is 32.2. The quantitative estimate of drug-likeness (QED) is 0.210. The van der Waals surface area contributed by atoms with Gasteiger partial charge in [0.2, 0.25) is 0 Å². The van der Waals surface area contributed by atoms with Crippen LogP contribution in [0.2, 0.25) is 0 Å². The lowest BCUT2D eigenvalue weighted by Gasteiger charge is -2.36. The first-order valence-corrected chi connectivity index (χ1v) is 14.7. The number of benzene rings is 3. The van der Waals surface area contributed by atoms with Crippen LogP contribution >= 0.6 is 0 Å². The number of carbonyl (C=O) groups excluding carboxylic acids is 1. The second-order valence-electron chi connectivity index (χ2n) is 10.2. The van der Waals surface area contributed by atoms with Gasteiger partial charge in [-0.3, -0.25) is 9.10 Å². The van der Waals surface area contributed by atoms with Gasteiger partial charge < -0.3 is 9.47 Å². The molecule has 1 aliphatic heterocycles. The molecule has 1 aliphatic rings. The van der Waals surface area contributed by atoms with Crippen molar-refractivity contribution in [3.63, 3.8) is 0 Å². The second kappa shape index (κ2) is 12.7. The zero-order valence-electron chi connectivity index (χ0n) is 23.8. The summed E-state index contributed by atoms with van der Waals surface area (Å²) in [7, 11) is -4.61. The minimum absolute atomic E-state index is 0.0385. The predicted octanol–water partition coefficient (Wildman–Crippen LogP) is 7.76. The van der Waals surface area contributed by atoms with Crippen molar-refractivity contribution in [3.05, 3.63) is 77.9 Å². The number of nitrogens with zero attached hydrogens (tertiary/aromatic N) is 1. The largest absolute Gasteiger partial charge is 0.486 e. The highest BCUT2D eigenvalue weighted by Crippen LogP contribution is 2.41. The summed E-state index contributed by atoms with van der Waals surface area (Å²) in [5, 5.41) is 0. The van der Waals surface area contributed by atoms with Gasteiger partial charge in [-0.2, -0.15) is 13.2 Å². The molecule has 0 saturated carbocycles. The Morgan fingerprint density at radius 2 is 1.69 bits per heavy atom. The van der Waals surface area contributed by atoms with Crippen LogP contribution in [0.15, 0.2) is 65.6 Å². The molecule has 3 aromatic carbocycles. The average Bonchev–Trinajstić information content (AvgIpc) is 2.92. The first kappa shape index (κ1) is 32.8. The van der Waals surface area contributed by atoms with Crippen molar-refractivity contribution >= 4 is 21.7 Å². The molecule has 0 fully saturated rings. The number of anilines is 1. The molecule has 6 nitrogen and oxygen atoms in total. The van der Waals surface area contributed by atoms with Crippen LogP contribution in [-0.4, -0.2) is 32.6 Å². The number of carbonyl (C=O) groups is 1. The third-order valence-electron chi connectivity index (χ3n) is 5.97. The van der Waals surface area contributed by atoms with Gasteiger partial charge in [-0.25, -0.2) is 17.2 Å². The van der Waals surface area contributed by atoms with E-state index in [1.165, 1.54) is 18.2 Å². The highest BCUT2D eigenvalue weighted by molar-refractivity contribution is 7.92. The molecule has 0 N–H and O–H groups in total. The zero-order valence-corrected chi connectivity index (χ0v) is 24.6. The fourth-order valence-corrected chi connectivity index (χ4v) is 5.75. The molecular weight excluding hydrogens is 581 g/mol. The molecular formula is C30H32F5NO5S. The smallest absolute Gasteiger partial charge is 0.416 e. The van der Waals surface area contributed by atoms with E-state index in [0.717, 1.165) is 40.7 Å². The Morgan fingerprint density at radius 1 is 1.00 bits per heavy atom. The van der Waals surface area contributed by atoms with Crippen LogP contribution in [0.5, 0.6) is 5.75 Å². The van der Waals surface area contributed by atoms with E-state index in [-0.39, 0.29) is 42.0 Å². The molecule has 0 aliphatic carbocycles. The maximum absolute atomic E-state index is 14.5. The summed E-state index contributed by atoms with van der Waals surface area (Å²) in [5.74, 6) is -1.98. The lowest BCUT2D eigenvalue weighted by Crippen LogP contribution is -2.44. The number of alkyl halides is 3. The molecule has 0 bridgehead atoms. The molecule has 12 heteroatoms. The molecule has 4 rings (SSSR count). The van der Waals surface area contributed by atoms with E-state index in [2.05, 4.69) is 0 Å². The molecule has 1 atom stereocenters. The van der Waals surface area contributed by atoms with Crippen LogP contribution in [0, 0.1) is 11.6 Å². The van der Waals surface area contributed by atoms with Crippen molar-refractivity contribution in [2.75, 3.05) is 10.8 Å². The summed E-state index contributed by atoms with van der Waals surface area (Å²) in [6.45, 7) is 8.73. The standard InChI is InChI=1S/C28H26F5NO5S.C2H6/c1-27(2,3)39-26(35)12-9-20-16-34(40(36,37)21-6-4-5-18(14-21)28(31,32)33)24-13-17(7-11-25(24)38-20)22-15-19(29)8-10-23(22)30;1-2/h4-8,10-11,13-15,20H,9,12,16H2,1-3H3;1-2H3. The van der Waals surface area contributed by atoms with Crippen molar-refractivity contribution in [1.29, 1.82) is 0 Å². The zero-order chi connectivity index (χ0) is 31.5. The Kier molecular flexibility index (Phi) is 9.92. The molecule has 1 heterocycles. The Hall–Kier alpha value is -3.67. The number of halogens is 5.